The molecule has 29 heavy (non-hydrogen) atoms. The highest BCUT2D eigenvalue weighted by atomic mass is 127. The maximum absolute atomic E-state index is 12.7. The number of thiophene rings is 1. The molecular weight excluding hydrogens is 519 g/mol. The van der Waals surface area contributed by atoms with E-state index in [1.807, 2.05) is 12.1 Å². The van der Waals surface area contributed by atoms with E-state index >= 15 is 0 Å². The van der Waals surface area contributed by atoms with Crippen molar-refractivity contribution in [2.45, 2.75) is 51.1 Å². The van der Waals surface area contributed by atoms with E-state index in [2.05, 4.69) is 7.05 Å². The molecule has 0 bridgehead atoms. The van der Waals surface area contributed by atoms with Gasteiger partial charge in [-0.1, -0.05) is 23.7 Å². The number of rotatable bonds is 5. The number of amides is 1. The van der Waals surface area contributed by atoms with Gasteiger partial charge in [-0.3, -0.25) is 9.59 Å². The first-order valence-corrected chi connectivity index (χ1v) is 11.1. The molecule has 0 aliphatic carbocycles. The molecule has 2 aromatic rings. The first-order chi connectivity index (χ1) is 13.4. The molecule has 2 atom stereocenters. The number of nitrogens with two attached hydrogens (primary N) is 1. The van der Waals surface area contributed by atoms with Crippen molar-refractivity contribution in [1.82, 2.24) is 0 Å². The maximum Gasteiger partial charge on any atom is 0.250 e. The van der Waals surface area contributed by atoms with Crippen LogP contribution in [-0.2, 0) is 30.6 Å². The Morgan fingerprint density at radius 1 is 1.21 bits per heavy atom. The van der Waals surface area contributed by atoms with Crippen molar-refractivity contribution in [3.8, 4) is 0 Å². The number of carbonyl (C=O) groups excluding carboxylic acids is 2. The number of Topliss-reactive ketones (excluding diaryl/α,β-unsaturated/α-hetero) is 1. The van der Waals surface area contributed by atoms with Gasteiger partial charge in [-0.15, -0.1) is 11.3 Å². The predicted octanol–water partition coefficient (Wildman–Crippen LogP) is 0.914. The summed E-state index contributed by atoms with van der Waals surface area (Å²) in [5.41, 5.74) is 8.45. The van der Waals surface area contributed by atoms with E-state index in [1.54, 1.807) is 23.5 Å². The van der Waals surface area contributed by atoms with E-state index in [4.69, 9.17) is 17.3 Å². The number of primary amides is 1. The Hall–Kier alpha value is -0.960. The number of nitrogens with zero attached hydrogens (tertiary/aromatic N) is 1. The van der Waals surface area contributed by atoms with E-state index in [0.717, 1.165) is 33.5 Å². The van der Waals surface area contributed by atoms with Gasteiger partial charge in [0.2, 0.25) is 5.91 Å². The van der Waals surface area contributed by atoms with Crippen LogP contribution in [0.15, 0.2) is 24.3 Å². The summed E-state index contributed by atoms with van der Waals surface area (Å²) >= 11 is 7.55. The molecule has 1 aromatic heterocycles. The fourth-order valence-electron chi connectivity index (χ4n) is 4.84. The van der Waals surface area contributed by atoms with Crippen LogP contribution in [0.25, 0.3) is 0 Å². The average Bonchev–Trinajstić information content (AvgIpc) is 2.97. The molecule has 156 valence electrons. The van der Waals surface area contributed by atoms with E-state index in [9.17, 15) is 9.59 Å². The molecule has 7 heteroatoms. The lowest BCUT2D eigenvalue weighted by Crippen LogP contribution is -3.00. The Morgan fingerprint density at radius 2 is 1.93 bits per heavy atom. The van der Waals surface area contributed by atoms with Gasteiger partial charge in [0.1, 0.15) is 12.3 Å². The van der Waals surface area contributed by atoms with E-state index in [0.29, 0.717) is 23.0 Å². The number of ketones is 1. The molecule has 4 rings (SSSR count). The van der Waals surface area contributed by atoms with Gasteiger partial charge in [0.15, 0.2) is 0 Å². The fraction of sp³-hybridized carbons (Fsp3) is 0.455. The summed E-state index contributed by atoms with van der Waals surface area (Å²) in [6.45, 7) is 2.15. The summed E-state index contributed by atoms with van der Waals surface area (Å²) in [6.07, 6.45) is 5.25. The van der Waals surface area contributed by atoms with Crippen molar-refractivity contribution in [3.05, 3.63) is 55.7 Å². The standard InChI is InChI=1S/C22H25ClN2O2S.HI/c1-25-9-3-2-4-16(25)11-18-20(13-25)28-19(21(18)22(24)27)12-17(26)10-14-5-7-15(23)8-6-14;/h5-8,16H,2-4,9-13H2,1H3,(H-,24,27);1H. The predicted molar refractivity (Wildman–Crippen MR) is 113 cm³/mol. The fourth-order valence-corrected chi connectivity index (χ4v) is 6.49. The molecule has 2 aliphatic heterocycles. The average molecular weight is 545 g/mol. The zero-order valence-corrected chi connectivity index (χ0v) is 20.3. The van der Waals surface area contributed by atoms with Crippen LogP contribution in [0, 0.1) is 0 Å². The monoisotopic (exact) mass is 544 g/mol. The number of fused-ring (bicyclic) bond motifs is 2. The quantitative estimate of drug-likeness (QED) is 0.450. The summed E-state index contributed by atoms with van der Waals surface area (Å²) in [5, 5.41) is 0.659. The molecule has 1 amide bonds. The molecule has 0 spiro atoms. The van der Waals surface area contributed by atoms with Crippen LogP contribution in [0.2, 0.25) is 5.02 Å². The van der Waals surface area contributed by atoms with Crippen LogP contribution in [0.4, 0.5) is 0 Å². The summed E-state index contributed by atoms with van der Waals surface area (Å²) in [7, 11) is 2.34. The molecular formula is C22H26ClIN2O2S. The van der Waals surface area contributed by atoms with Crippen molar-refractivity contribution >= 4 is 34.6 Å². The Morgan fingerprint density at radius 3 is 2.62 bits per heavy atom. The first-order valence-electron chi connectivity index (χ1n) is 9.89. The molecule has 1 aromatic carbocycles. The number of piperidine rings is 1. The lowest BCUT2D eigenvalue weighted by Gasteiger charge is -2.47. The molecule has 2 aliphatic rings. The summed E-state index contributed by atoms with van der Waals surface area (Å²) in [4.78, 5) is 27.1. The number of quaternary nitrogens is 1. The Labute approximate surface area is 198 Å². The highest BCUT2D eigenvalue weighted by Crippen LogP contribution is 2.41. The van der Waals surface area contributed by atoms with Crippen LogP contribution < -0.4 is 29.7 Å². The van der Waals surface area contributed by atoms with Crippen molar-refractivity contribution < 1.29 is 38.0 Å². The number of hydrogen-bond acceptors (Lipinski definition) is 3. The van der Waals surface area contributed by atoms with E-state index < -0.39 is 5.91 Å². The van der Waals surface area contributed by atoms with Gasteiger partial charge in [0.05, 0.1) is 30.1 Å². The Bertz CT molecular complexity index is 928. The van der Waals surface area contributed by atoms with Crippen LogP contribution in [-0.4, -0.2) is 35.8 Å². The third-order valence-electron chi connectivity index (χ3n) is 6.36. The zero-order valence-electron chi connectivity index (χ0n) is 16.5. The molecule has 2 unspecified atom stereocenters. The van der Waals surface area contributed by atoms with Gasteiger partial charge < -0.3 is 34.2 Å². The number of carbonyl (C=O) groups is 2. The van der Waals surface area contributed by atoms with Crippen molar-refractivity contribution in [2.75, 3.05) is 13.6 Å². The van der Waals surface area contributed by atoms with Gasteiger partial charge in [-0.2, -0.15) is 0 Å². The molecule has 3 heterocycles. The number of hydrogen-bond donors (Lipinski definition) is 1. The summed E-state index contributed by atoms with van der Waals surface area (Å²) in [5.74, 6) is -0.291. The van der Waals surface area contributed by atoms with Crippen molar-refractivity contribution in [2.24, 2.45) is 5.73 Å². The van der Waals surface area contributed by atoms with Gasteiger partial charge in [0.25, 0.3) is 0 Å². The molecule has 0 radical (unpaired) electrons. The van der Waals surface area contributed by atoms with E-state index in [-0.39, 0.29) is 36.2 Å². The lowest BCUT2D eigenvalue weighted by atomic mass is 9.87. The number of benzene rings is 1. The number of halogens is 2. The zero-order chi connectivity index (χ0) is 19.9. The van der Waals surface area contributed by atoms with Crippen LogP contribution in [0.3, 0.4) is 0 Å². The highest BCUT2D eigenvalue weighted by Gasteiger charge is 2.42. The summed E-state index contributed by atoms with van der Waals surface area (Å²) < 4.78 is 1.06. The Kier molecular flexibility index (Phi) is 7.08. The maximum atomic E-state index is 12.7. The minimum absolute atomic E-state index is 0. The molecule has 2 N–H and O–H groups in total. The third kappa shape index (κ3) is 4.70. The SMILES string of the molecule is C[N+]12CCCCC1Cc1c(sc(CC(=O)Cc3ccc(Cl)cc3)c1C(N)=O)C2.[I-]. The lowest BCUT2D eigenvalue weighted by molar-refractivity contribution is -0.952. The second-order valence-electron chi connectivity index (χ2n) is 8.40. The smallest absolute Gasteiger partial charge is 0.250 e. The third-order valence-corrected chi connectivity index (χ3v) is 7.83. The molecule has 0 saturated carbocycles. The molecule has 4 nitrogen and oxygen atoms in total. The van der Waals surface area contributed by atoms with Gasteiger partial charge in [0, 0.05) is 29.2 Å². The Balaban J connectivity index is 0.00000240. The molecule has 1 saturated heterocycles. The first kappa shape index (κ1) is 22.7. The normalized spacial score (nSPS) is 22.9. The van der Waals surface area contributed by atoms with Crippen LogP contribution in [0.5, 0.6) is 0 Å². The van der Waals surface area contributed by atoms with Gasteiger partial charge >= 0.3 is 0 Å². The molecule has 1 fully saturated rings. The van der Waals surface area contributed by atoms with Gasteiger partial charge in [-0.05, 0) is 42.5 Å². The number of likely N-dealkylation sites (N-methyl/N-ethyl adjacent to an activating group) is 1. The van der Waals surface area contributed by atoms with Crippen molar-refractivity contribution in [3.63, 3.8) is 0 Å². The summed E-state index contributed by atoms with van der Waals surface area (Å²) in [6, 6.07) is 7.90. The largest absolute Gasteiger partial charge is 1.00 e. The van der Waals surface area contributed by atoms with Crippen LogP contribution >= 0.6 is 22.9 Å². The second kappa shape index (κ2) is 9.04. The van der Waals surface area contributed by atoms with Crippen molar-refractivity contribution in [1.29, 1.82) is 0 Å². The minimum atomic E-state index is -0.390. The minimum Gasteiger partial charge on any atom is -1.00 e. The topological polar surface area (TPSA) is 60.2 Å². The van der Waals surface area contributed by atoms with Crippen LogP contribution in [0.1, 0.15) is 50.5 Å². The van der Waals surface area contributed by atoms with E-state index in [1.165, 1.54) is 30.7 Å². The highest BCUT2D eigenvalue weighted by molar-refractivity contribution is 7.12. The second-order valence-corrected chi connectivity index (χ2v) is 10.0. The van der Waals surface area contributed by atoms with Gasteiger partial charge in [-0.25, -0.2) is 0 Å².